The third-order valence-electron chi connectivity index (χ3n) is 3.16. The van der Waals surface area contributed by atoms with Crippen LogP contribution in [0.15, 0.2) is 61.2 Å². The normalized spacial score (nSPS) is 10.2. The highest BCUT2D eigenvalue weighted by atomic mass is 35.5. The van der Waals surface area contributed by atoms with Gasteiger partial charge in [-0.05, 0) is 30.3 Å². The maximum atomic E-state index is 12.3. The minimum absolute atomic E-state index is 0.307. The standard InChI is InChI=1S/C16H12ClN5O2/c17-12-5-3-4-11(8-12)15(23)20-14-7-2-1-6-13(14)16(24)21-22-9-18-19-10-22/h1-10H,(H,20,23)(H,21,24). The van der Waals surface area contributed by atoms with Crippen LogP contribution in [0.5, 0.6) is 0 Å². The van der Waals surface area contributed by atoms with E-state index in [9.17, 15) is 9.59 Å². The summed E-state index contributed by atoms with van der Waals surface area (Å²) in [6.45, 7) is 0. The van der Waals surface area contributed by atoms with Gasteiger partial charge < -0.3 is 5.32 Å². The number of rotatable bonds is 4. The minimum Gasteiger partial charge on any atom is -0.321 e. The lowest BCUT2D eigenvalue weighted by atomic mass is 10.1. The second kappa shape index (κ2) is 6.93. The van der Waals surface area contributed by atoms with Gasteiger partial charge in [0.25, 0.3) is 11.8 Å². The lowest BCUT2D eigenvalue weighted by Gasteiger charge is -2.11. The predicted octanol–water partition coefficient (Wildman–Crippen LogP) is 2.57. The predicted molar refractivity (Wildman–Crippen MR) is 89.6 cm³/mol. The van der Waals surface area contributed by atoms with Crippen molar-refractivity contribution in [3.05, 3.63) is 77.3 Å². The van der Waals surface area contributed by atoms with Crippen LogP contribution in [0.4, 0.5) is 5.69 Å². The first-order chi connectivity index (χ1) is 11.6. The van der Waals surface area contributed by atoms with E-state index in [2.05, 4.69) is 20.9 Å². The highest BCUT2D eigenvalue weighted by Gasteiger charge is 2.14. The summed E-state index contributed by atoms with van der Waals surface area (Å²) in [5.74, 6) is -0.765. The maximum Gasteiger partial charge on any atom is 0.272 e. The molecule has 0 saturated heterocycles. The van der Waals surface area contributed by atoms with Gasteiger partial charge in [-0.25, -0.2) is 4.68 Å². The van der Waals surface area contributed by atoms with Gasteiger partial charge >= 0.3 is 0 Å². The number of amides is 2. The number of halogens is 1. The van der Waals surface area contributed by atoms with E-state index < -0.39 is 5.91 Å². The zero-order valence-electron chi connectivity index (χ0n) is 12.3. The van der Waals surface area contributed by atoms with Crippen LogP contribution in [0.1, 0.15) is 20.7 Å². The molecule has 2 N–H and O–H groups in total. The van der Waals surface area contributed by atoms with Gasteiger partial charge in [-0.15, -0.1) is 10.2 Å². The fourth-order valence-corrected chi connectivity index (χ4v) is 2.24. The highest BCUT2D eigenvalue weighted by Crippen LogP contribution is 2.18. The molecule has 0 spiro atoms. The Bertz CT molecular complexity index is 880. The van der Waals surface area contributed by atoms with Gasteiger partial charge in [0.05, 0.1) is 11.3 Å². The number of anilines is 1. The second-order valence-electron chi connectivity index (χ2n) is 4.82. The van der Waals surface area contributed by atoms with Crippen molar-refractivity contribution in [2.75, 3.05) is 10.7 Å². The van der Waals surface area contributed by atoms with E-state index in [0.29, 0.717) is 21.8 Å². The quantitative estimate of drug-likeness (QED) is 0.763. The van der Waals surface area contributed by atoms with E-state index in [0.717, 1.165) is 0 Å². The van der Waals surface area contributed by atoms with E-state index in [4.69, 9.17) is 11.6 Å². The van der Waals surface area contributed by atoms with Crippen molar-refractivity contribution in [1.29, 1.82) is 0 Å². The lowest BCUT2D eigenvalue weighted by Crippen LogP contribution is -2.23. The molecule has 1 aromatic heterocycles. The average molecular weight is 342 g/mol. The Kier molecular flexibility index (Phi) is 4.53. The molecular weight excluding hydrogens is 330 g/mol. The summed E-state index contributed by atoms with van der Waals surface area (Å²) in [6.07, 6.45) is 2.70. The Morgan fingerprint density at radius 2 is 1.71 bits per heavy atom. The highest BCUT2D eigenvalue weighted by molar-refractivity contribution is 6.31. The minimum atomic E-state index is -0.406. The van der Waals surface area contributed by atoms with Crippen LogP contribution in [0.3, 0.4) is 0 Å². The molecular formula is C16H12ClN5O2. The van der Waals surface area contributed by atoms with Gasteiger partial charge in [-0.2, -0.15) is 0 Å². The zero-order chi connectivity index (χ0) is 16.9. The Morgan fingerprint density at radius 1 is 0.958 bits per heavy atom. The smallest absolute Gasteiger partial charge is 0.272 e. The molecule has 7 nitrogen and oxygen atoms in total. The molecule has 120 valence electrons. The third-order valence-corrected chi connectivity index (χ3v) is 3.39. The summed E-state index contributed by atoms with van der Waals surface area (Å²) in [4.78, 5) is 24.7. The van der Waals surface area contributed by atoms with Crippen molar-refractivity contribution < 1.29 is 9.59 Å². The summed E-state index contributed by atoms with van der Waals surface area (Å²) in [5, 5.41) is 10.4. The third kappa shape index (κ3) is 3.58. The van der Waals surface area contributed by atoms with Gasteiger partial charge in [0.2, 0.25) is 0 Å². The van der Waals surface area contributed by atoms with Crippen LogP contribution in [0.25, 0.3) is 0 Å². The summed E-state index contributed by atoms with van der Waals surface area (Å²) >= 11 is 5.89. The number of para-hydroxylation sites is 1. The molecule has 2 aromatic carbocycles. The first-order valence-electron chi connectivity index (χ1n) is 6.95. The van der Waals surface area contributed by atoms with Crippen molar-refractivity contribution >= 4 is 29.1 Å². The molecule has 8 heteroatoms. The molecule has 2 amide bonds. The fraction of sp³-hybridized carbons (Fsp3) is 0. The van der Waals surface area contributed by atoms with Crippen LogP contribution >= 0.6 is 11.6 Å². The Hall–Kier alpha value is -3.19. The number of hydrogen-bond acceptors (Lipinski definition) is 4. The SMILES string of the molecule is O=C(Nc1ccccc1C(=O)Nn1cnnc1)c1cccc(Cl)c1. The monoisotopic (exact) mass is 341 g/mol. The molecule has 1 heterocycles. The molecule has 0 atom stereocenters. The van der Waals surface area contributed by atoms with Crippen LogP contribution < -0.4 is 10.7 Å². The number of nitrogens with zero attached hydrogens (tertiary/aromatic N) is 3. The molecule has 0 bridgehead atoms. The molecule has 0 unspecified atom stereocenters. The van der Waals surface area contributed by atoms with E-state index >= 15 is 0 Å². The molecule has 0 aliphatic rings. The van der Waals surface area contributed by atoms with E-state index in [1.165, 1.54) is 17.3 Å². The maximum absolute atomic E-state index is 12.3. The van der Waals surface area contributed by atoms with Gasteiger partial charge in [-0.1, -0.05) is 29.8 Å². The van der Waals surface area contributed by atoms with Crippen molar-refractivity contribution in [2.45, 2.75) is 0 Å². The zero-order valence-corrected chi connectivity index (χ0v) is 13.1. The summed E-state index contributed by atoms with van der Waals surface area (Å²) < 4.78 is 1.32. The fourth-order valence-electron chi connectivity index (χ4n) is 2.05. The topological polar surface area (TPSA) is 88.9 Å². The first-order valence-corrected chi connectivity index (χ1v) is 7.33. The molecule has 24 heavy (non-hydrogen) atoms. The van der Waals surface area contributed by atoms with Crippen LogP contribution in [-0.4, -0.2) is 26.7 Å². The van der Waals surface area contributed by atoms with Crippen molar-refractivity contribution in [3.8, 4) is 0 Å². The van der Waals surface area contributed by atoms with Crippen LogP contribution in [0.2, 0.25) is 5.02 Å². The number of nitrogens with one attached hydrogen (secondary N) is 2. The number of carbonyl (C=O) groups excluding carboxylic acids is 2. The largest absolute Gasteiger partial charge is 0.321 e. The van der Waals surface area contributed by atoms with Gasteiger partial charge in [0.1, 0.15) is 12.7 Å². The first kappa shape index (κ1) is 15.7. The summed E-state index contributed by atoms with van der Waals surface area (Å²) in [7, 11) is 0. The molecule has 3 rings (SSSR count). The van der Waals surface area contributed by atoms with Crippen molar-refractivity contribution in [1.82, 2.24) is 14.9 Å². The molecule has 0 radical (unpaired) electrons. The van der Waals surface area contributed by atoms with Crippen molar-refractivity contribution in [2.24, 2.45) is 0 Å². The molecule has 3 aromatic rings. The van der Waals surface area contributed by atoms with E-state index in [-0.39, 0.29) is 5.91 Å². The molecule has 0 saturated carbocycles. The van der Waals surface area contributed by atoms with E-state index in [1.54, 1.807) is 48.5 Å². The number of carbonyl (C=O) groups is 2. The molecule has 0 aliphatic heterocycles. The van der Waals surface area contributed by atoms with Crippen LogP contribution in [0, 0.1) is 0 Å². The number of benzene rings is 2. The van der Waals surface area contributed by atoms with Gasteiger partial charge in [0, 0.05) is 10.6 Å². The molecule has 0 fully saturated rings. The number of hydrogen-bond donors (Lipinski definition) is 2. The lowest BCUT2D eigenvalue weighted by molar-refractivity contribution is 0.101. The van der Waals surface area contributed by atoms with E-state index in [1.807, 2.05) is 0 Å². The Morgan fingerprint density at radius 3 is 2.46 bits per heavy atom. The Balaban J connectivity index is 1.81. The van der Waals surface area contributed by atoms with Crippen molar-refractivity contribution in [3.63, 3.8) is 0 Å². The van der Waals surface area contributed by atoms with Gasteiger partial charge in [0.15, 0.2) is 0 Å². The van der Waals surface area contributed by atoms with Crippen LogP contribution in [-0.2, 0) is 0 Å². The van der Waals surface area contributed by atoms with Gasteiger partial charge in [-0.3, -0.25) is 15.0 Å². The Labute approximate surface area is 142 Å². The summed E-state index contributed by atoms with van der Waals surface area (Å²) in [6, 6.07) is 13.2. The number of aromatic nitrogens is 3. The molecule has 0 aliphatic carbocycles. The summed E-state index contributed by atoms with van der Waals surface area (Å²) in [5.41, 5.74) is 3.67. The second-order valence-corrected chi connectivity index (χ2v) is 5.26. The average Bonchev–Trinajstić information content (AvgIpc) is 3.08.